The molecule has 1 fully saturated rings. The van der Waals surface area contributed by atoms with Crippen molar-refractivity contribution in [2.45, 2.75) is 19.0 Å². The summed E-state index contributed by atoms with van der Waals surface area (Å²) in [4.78, 5) is 40.4. The molecular weight excluding hydrogens is 506 g/mol. The fraction of sp³-hybridized carbons (Fsp3) is 0.345. The standard InChI is InChI=1S/C29H33N9O2/c1-4-28(39)37-12-11-24(21-7-5-6-8-23(21)37)38-19-22-25(35(3)29(38)40)17-27(33-32-22)31-26-10-9-20(18-30-26)36-15-13-34(2)14-16-36/h4-10,17-18,24H,1,11-16,19H2,2-3H3,(H,30,31,33). The Hall–Kier alpha value is -4.51. The van der Waals surface area contributed by atoms with Gasteiger partial charge in [0.05, 0.1) is 30.2 Å². The predicted molar refractivity (Wildman–Crippen MR) is 155 cm³/mol. The molecular formula is C29H33N9O2. The van der Waals surface area contributed by atoms with E-state index in [1.165, 1.54) is 6.08 Å². The molecule has 206 valence electrons. The molecule has 0 aliphatic carbocycles. The van der Waals surface area contributed by atoms with Crippen molar-refractivity contribution in [2.75, 3.05) is 66.8 Å². The molecule has 6 rings (SSSR count). The highest BCUT2D eigenvalue weighted by Gasteiger charge is 2.38. The molecule has 1 N–H and O–H groups in total. The normalized spacial score (nSPS) is 19.2. The van der Waals surface area contributed by atoms with Gasteiger partial charge in [-0.15, -0.1) is 10.2 Å². The molecule has 5 heterocycles. The van der Waals surface area contributed by atoms with Crippen LogP contribution in [0.25, 0.3) is 0 Å². The number of aromatic nitrogens is 3. The number of benzene rings is 1. The molecule has 0 saturated carbocycles. The number of para-hydroxylation sites is 1. The zero-order valence-corrected chi connectivity index (χ0v) is 22.8. The fourth-order valence-corrected chi connectivity index (χ4v) is 5.69. The molecule has 3 aliphatic heterocycles. The van der Waals surface area contributed by atoms with Crippen molar-refractivity contribution in [3.63, 3.8) is 0 Å². The first-order valence-electron chi connectivity index (χ1n) is 13.5. The third-order valence-electron chi connectivity index (χ3n) is 7.96. The van der Waals surface area contributed by atoms with E-state index in [9.17, 15) is 9.59 Å². The minimum Gasteiger partial charge on any atom is -0.368 e. The molecule has 2 aromatic heterocycles. The first kappa shape index (κ1) is 25.8. The Balaban J connectivity index is 1.19. The summed E-state index contributed by atoms with van der Waals surface area (Å²) in [6.45, 7) is 8.51. The van der Waals surface area contributed by atoms with Crippen molar-refractivity contribution in [1.82, 2.24) is 25.0 Å². The van der Waals surface area contributed by atoms with Gasteiger partial charge >= 0.3 is 6.03 Å². The summed E-state index contributed by atoms with van der Waals surface area (Å²) < 4.78 is 0. The van der Waals surface area contributed by atoms with E-state index in [1.807, 2.05) is 47.5 Å². The molecule has 3 amide bonds. The third kappa shape index (κ3) is 4.73. The van der Waals surface area contributed by atoms with Gasteiger partial charge in [0.1, 0.15) is 11.5 Å². The van der Waals surface area contributed by atoms with Crippen LogP contribution in [-0.2, 0) is 11.3 Å². The van der Waals surface area contributed by atoms with Crippen molar-refractivity contribution in [3.05, 3.63) is 72.6 Å². The Morgan fingerprint density at radius 3 is 2.55 bits per heavy atom. The van der Waals surface area contributed by atoms with Gasteiger partial charge in [-0.3, -0.25) is 9.69 Å². The van der Waals surface area contributed by atoms with Crippen LogP contribution in [-0.4, -0.2) is 83.7 Å². The van der Waals surface area contributed by atoms with Gasteiger partial charge in [0.15, 0.2) is 5.82 Å². The molecule has 3 aromatic rings. The van der Waals surface area contributed by atoms with Crippen molar-refractivity contribution < 1.29 is 9.59 Å². The number of carbonyl (C=O) groups excluding carboxylic acids is 2. The number of carbonyl (C=O) groups is 2. The van der Waals surface area contributed by atoms with E-state index in [1.54, 1.807) is 16.8 Å². The van der Waals surface area contributed by atoms with Gasteiger partial charge in [-0.1, -0.05) is 24.8 Å². The minimum atomic E-state index is -0.184. The number of nitrogens with zero attached hydrogens (tertiary/aromatic N) is 8. The monoisotopic (exact) mass is 539 g/mol. The number of fused-ring (bicyclic) bond motifs is 2. The lowest BCUT2D eigenvalue weighted by Crippen LogP contribution is -2.49. The van der Waals surface area contributed by atoms with Crippen LogP contribution in [0, 0.1) is 0 Å². The van der Waals surface area contributed by atoms with Gasteiger partial charge in [-0.2, -0.15) is 0 Å². The molecule has 11 heteroatoms. The van der Waals surface area contributed by atoms with Crippen molar-refractivity contribution >= 4 is 40.6 Å². The first-order valence-corrected chi connectivity index (χ1v) is 13.5. The number of hydrogen-bond donors (Lipinski definition) is 1. The highest BCUT2D eigenvalue weighted by atomic mass is 16.2. The van der Waals surface area contributed by atoms with Gasteiger partial charge in [0.25, 0.3) is 0 Å². The molecule has 40 heavy (non-hydrogen) atoms. The van der Waals surface area contributed by atoms with Gasteiger partial charge < -0.3 is 24.9 Å². The number of anilines is 5. The van der Waals surface area contributed by atoms with Gasteiger partial charge in [0, 0.05) is 51.5 Å². The highest BCUT2D eigenvalue weighted by Crippen LogP contribution is 2.41. The Bertz CT molecular complexity index is 1440. The molecule has 1 atom stereocenters. The number of rotatable bonds is 5. The van der Waals surface area contributed by atoms with Crippen molar-refractivity contribution in [1.29, 1.82) is 0 Å². The van der Waals surface area contributed by atoms with E-state index in [0.29, 0.717) is 42.5 Å². The maximum Gasteiger partial charge on any atom is 0.325 e. The Morgan fingerprint density at radius 2 is 1.80 bits per heavy atom. The SMILES string of the molecule is C=CC(=O)N1CCC(N2Cc3nnc(Nc4ccc(N5CCN(C)CC5)cn4)cc3N(C)C2=O)c2ccccc21. The van der Waals surface area contributed by atoms with E-state index < -0.39 is 0 Å². The number of piperazine rings is 1. The number of urea groups is 1. The number of amides is 3. The van der Waals surface area contributed by atoms with E-state index in [4.69, 9.17) is 0 Å². The zero-order chi connectivity index (χ0) is 27.8. The van der Waals surface area contributed by atoms with Crippen LogP contribution in [0.1, 0.15) is 23.7 Å². The summed E-state index contributed by atoms with van der Waals surface area (Å²) in [5.41, 5.74) is 4.27. The van der Waals surface area contributed by atoms with E-state index in [0.717, 1.165) is 43.1 Å². The molecule has 0 spiro atoms. The second-order valence-corrected chi connectivity index (χ2v) is 10.4. The number of hydrogen-bond acceptors (Lipinski definition) is 8. The van der Waals surface area contributed by atoms with Crippen LogP contribution in [0.15, 0.2) is 61.3 Å². The summed E-state index contributed by atoms with van der Waals surface area (Å²) in [6.07, 6.45) is 3.82. The van der Waals surface area contributed by atoms with E-state index in [-0.39, 0.29) is 18.0 Å². The molecule has 3 aliphatic rings. The maximum absolute atomic E-state index is 13.6. The Kier molecular flexibility index (Phi) is 6.81. The summed E-state index contributed by atoms with van der Waals surface area (Å²) >= 11 is 0. The molecule has 1 aromatic carbocycles. The maximum atomic E-state index is 13.6. The number of nitrogens with one attached hydrogen (secondary N) is 1. The summed E-state index contributed by atoms with van der Waals surface area (Å²) in [5.74, 6) is 1.04. The van der Waals surface area contributed by atoms with Gasteiger partial charge in [0.2, 0.25) is 5.91 Å². The quantitative estimate of drug-likeness (QED) is 0.493. The largest absolute Gasteiger partial charge is 0.368 e. The average molecular weight is 540 g/mol. The van der Waals surface area contributed by atoms with Crippen LogP contribution in [0.3, 0.4) is 0 Å². The van der Waals surface area contributed by atoms with Crippen LogP contribution >= 0.6 is 0 Å². The lowest BCUT2D eigenvalue weighted by molar-refractivity contribution is -0.114. The molecule has 0 bridgehead atoms. The van der Waals surface area contributed by atoms with Gasteiger partial charge in [-0.25, -0.2) is 9.78 Å². The minimum absolute atomic E-state index is 0.121. The van der Waals surface area contributed by atoms with Crippen LogP contribution in [0.4, 0.5) is 33.5 Å². The van der Waals surface area contributed by atoms with Crippen LogP contribution in [0.5, 0.6) is 0 Å². The number of likely N-dealkylation sites (N-methyl/N-ethyl adjacent to an activating group) is 1. The summed E-state index contributed by atoms with van der Waals surface area (Å²) in [5, 5.41) is 12.1. The van der Waals surface area contributed by atoms with Crippen LogP contribution < -0.4 is 20.0 Å². The van der Waals surface area contributed by atoms with Gasteiger partial charge in [-0.05, 0) is 43.3 Å². The predicted octanol–water partition coefficient (Wildman–Crippen LogP) is 3.40. The molecule has 1 unspecified atom stereocenters. The zero-order valence-electron chi connectivity index (χ0n) is 22.8. The highest BCUT2D eigenvalue weighted by molar-refractivity contribution is 6.02. The second kappa shape index (κ2) is 10.6. The lowest BCUT2D eigenvalue weighted by atomic mass is 9.94. The topological polar surface area (TPSA) is 101 Å². The molecule has 0 radical (unpaired) electrons. The smallest absolute Gasteiger partial charge is 0.325 e. The summed E-state index contributed by atoms with van der Waals surface area (Å²) in [6, 6.07) is 13.3. The summed E-state index contributed by atoms with van der Waals surface area (Å²) in [7, 11) is 3.89. The Morgan fingerprint density at radius 1 is 1.00 bits per heavy atom. The molecule has 11 nitrogen and oxygen atoms in total. The Labute approximate surface area is 233 Å². The molecule has 1 saturated heterocycles. The fourth-order valence-electron chi connectivity index (χ4n) is 5.69. The average Bonchev–Trinajstić information content (AvgIpc) is 2.99. The lowest BCUT2D eigenvalue weighted by Gasteiger charge is -2.43. The van der Waals surface area contributed by atoms with Crippen LogP contribution in [0.2, 0.25) is 0 Å². The van der Waals surface area contributed by atoms with Crippen molar-refractivity contribution in [2.24, 2.45) is 0 Å². The third-order valence-corrected chi connectivity index (χ3v) is 7.96. The first-order chi connectivity index (χ1) is 19.4. The van der Waals surface area contributed by atoms with E-state index >= 15 is 0 Å². The number of pyridine rings is 1. The van der Waals surface area contributed by atoms with E-state index in [2.05, 4.69) is 50.0 Å². The second-order valence-electron chi connectivity index (χ2n) is 10.4. The van der Waals surface area contributed by atoms with Crippen molar-refractivity contribution in [3.8, 4) is 0 Å².